The number of aliphatic hydroxyl groups excluding tert-OH is 2. The van der Waals surface area contributed by atoms with Crippen LogP contribution in [0, 0.1) is 0 Å². The number of hydrogen-bond donors (Lipinski definition) is 2. The number of thioether (sulfide) groups is 2. The SMILES string of the molecule is CCn1c2ccccc2c2cc(C=NN(CC(O)CSc3ccc(Cc4ccc(SCC(O)CN(N=Cc5ccc6c(c5)c5ccccc5n6CC)c5ccccc5)cc4)cc3)c3ccccc3)ccc21. The normalized spacial score (nSPS) is 12.8. The predicted molar refractivity (Wildman–Crippen MR) is 302 cm³/mol. The van der Waals surface area contributed by atoms with Gasteiger partial charge in [-0.3, -0.25) is 10.0 Å². The number of hydrazone groups is 2. The molecule has 2 atom stereocenters. The fraction of sp³-hybridized carbons (Fsp3) is 0.180. The maximum absolute atomic E-state index is 11.3. The van der Waals surface area contributed by atoms with Gasteiger partial charge in [0.15, 0.2) is 0 Å². The zero-order chi connectivity index (χ0) is 48.5. The van der Waals surface area contributed by atoms with E-state index in [1.165, 1.54) is 54.7 Å². The molecule has 356 valence electrons. The summed E-state index contributed by atoms with van der Waals surface area (Å²) < 4.78 is 4.71. The van der Waals surface area contributed by atoms with Crippen LogP contribution in [0.3, 0.4) is 0 Å². The van der Waals surface area contributed by atoms with Crippen LogP contribution in [-0.2, 0) is 19.5 Å². The summed E-state index contributed by atoms with van der Waals surface area (Å²) in [7, 11) is 0. The topological polar surface area (TPSA) is 81.5 Å². The van der Waals surface area contributed by atoms with Crippen molar-refractivity contribution in [2.75, 3.05) is 34.6 Å². The second-order valence-corrected chi connectivity index (χ2v) is 20.0. The van der Waals surface area contributed by atoms with Gasteiger partial charge in [0.25, 0.3) is 0 Å². The molecule has 0 saturated carbocycles. The second-order valence-electron chi connectivity index (χ2n) is 17.8. The fourth-order valence-electron chi connectivity index (χ4n) is 9.43. The fourth-order valence-corrected chi connectivity index (χ4v) is 11.1. The first-order chi connectivity index (χ1) is 34.9. The van der Waals surface area contributed by atoms with E-state index < -0.39 is 12.2 Å². The minimum atomic E-state index is -0.608. The Morgan fingerprint density at radius 1 is 0.451 bits per heavy atom. The number of rotatable bonds is 20. The second kappa shape index (κ2) is 22.3. The van der Waals surface area contributed by atoms with Gasteiger partial charge < -0.3 is 19.3 Å². The van der Waals surface area contributed by atoms with Crippen LogP contribution >= 0.6 is 23.5 Å². The van der Waals surface area contributed by atoms with E-state index >= 15 is 0 Å². The van der Waals surface area contributed by atoms with E-state index in [0.29, 0.717) is 24.6 Å². The minimum absolute atomic E-state index is 0.363. The van der Waals surface area contributed by atoms with Gasteiger partial charge in [-0.1, -0.05) is 109 Å². The molecule has 0 fully saturated rings. The summed E-state index contributed by atoms with van der Waals surface area (Å²) in [6.45, 7) is 6.90. The molecule has 0 saturated heterocycles. The van der Waals surface area contributed by atoms with E-state index in [1.807, 2.05) is 83.1 Å². The lowest BCUT2D eigenvalue weighted by Gasteiger charge is -2.22. The molecule has 2 heterocycles. The van der Waals surface area contributed by atoms with Crippen LogP contribution in [0.25, 0.3) is 43.6 Å². The molecule has 2 N–H and O–H groups in total. The summed E-state index contributed by atoms with van der Waals surface area (Å²) in [6, 6.07) is 67.5. The molecule has 0 aliphatic carbocycles. The Morgan fingerprint density at radius 3 is 1.24 bits per heavy atom. The zero-order valence-corrected chi connectivity index (χ0v) is 41.8. The van der Waals surface area contributed by atoms with Crippen molar-refractivity contribution in [3.8, 4) is 0 Å². The lowest BCUT2D eigenvalue weighted by Crippen LogP contribution is -2.30. The van der Waals surface area contributed by atoms with Crippen molar-refractivity contribution in [2.24, 2.45) is 10.2 Å². The molecule has 2 unspecified atom stereocenters. The highest BCUT2D eigenvalue weighted by Crippen LogP contribution is 2.32. The summed E-state index contributed by atoms with van der Waals surface area (Å²) in [6.07, 6.45) is 3.39. The van der Waals surface area contributed by atoms with Gasteiger partial charge in [-0.15, -0.1) is 23.5 Å². The molecule has 10 aromatic rings. The number of aliphatic hydroxyl groups is 2. The Morgan fingerprint density at radius 2 is 0.831 bits per heavy atom. The molecular weight excluding hydrogens is 913 g/mol. The molecule has 8 aromatic carbocycles. The lowest BCUT2D eigenvalue weighted by molar-refractivity contribution is 0.204. The summed E-state index contributed by atoms with van der Waals surface area (Å²) in [4.78, 5) is 2.23. The Balaban J connectivity index is 0.716. The van der Waals surface area contributed by atoms with Gasteiger partial charge in [0.05, 0.1) is 49.1 Å². The molecule has 10 rings (SSSR count). The predicted octanol–water partition coefficient (Wildman–Crippen LogP) is 13.5. The van der Waals surface area contributed by atoms with Crippen LogP contribution in [0.5, 0.6) is 0 Å². The van der Waals surface area contributed by atoms with E-state index in [4.69, 9.17) is 10.2 Å². The van der Waals surface area contributed by atoms with E-state index in [9.17, 15) is 10.2 Å². The summed E-state index contributed by atoms with van der Waals surface area (Å²) in [5.41, 5.74) is 11.2. The molecule has 0 aliphatic heterocycles. The van der Waals surface area contributed by atoms with Gasteiger partial charge in [0.2, 0.25) is 0 Å². The van der Waals surface area contributed by atoms with E-state index in [1.54, 1.807) is 23.5 Å². The summed E-state index contributed by atoms with van der Waals surface area (Å²) >= 11 is 3.30. The van der Waals surface area contributed by atoms with E-state index in [-0.39, 0.29) is 0 Å². The summed E-state index contributed by atoms with van der Waals surface area (Å²) in [5, 5.41) is 41.1. The number of anilines is 2. The number of hydrogen-bond acceptors (Lipinski definition) is 8. The quantitative estimate of drug-likeness (QED) is 0.0450. The van der Waals surface area contributed by atoms with Crippen LogP contribution in [-0.4, -0.2) is 68.6 Å². The number of nitrogens with zero attached hydrogens (tertiary/aromatic N) is 6. The van der Waals surface area contributed by atoms with Crippen molar-refractivity contribution in [1.82, 2.24) is 9.13 Å². The number of aryl methyl sites for hydroxylation is 2. The molecule has 10 heteroatoms. The minimum Gasteiger partial charge on any atom is -0.390 e. The molecule has 0 spiro atoms. The van der Waals surface area contributed by atoms with Gasteiger partial charge >= 0.3 is 0 Å². The number of fused-ring (bicyclic) bond motifs is 6. The molecule has 2 aromatic heterocycles. The zero-order valence-electron chi connectivity index (χ0n) is 40.1. The van der Waals surface area contributed by atoms with Gasteiger partial charge in [0, 0.05) is 78.0 Å². The average molecular weight is 971 g/mol. The highest BCUT2D eigenvalue weighted by Gasteiger charge is 2.16. The van der Waals surface area contributed by atoms with Crippen molar-refractivity contribution in [3.63, 3.8) is 0 Å². The summed E-state index contributed by atoms with van der Waals surface area (Å²) in [5.74, 6) is 1.07. The van der Waals surface area contributed by atoms with E-state index in [2.05, 4.69) is 156 Å². The highest BCUT2D eigenvalue weighted by atomic mass is 32.2. The van der Waals surface area contributed by atoms with Gasteiger partial charge in [0.1, 0.15) is 0 Å². The third-order valence-electron chi connectivity index (χ3n) is 12.9. The molecular formula is C61H58N6O2S2. The molecule has 8 nitrogen and oxygen atoms in total. The number of benzene rings is 8. The van der Waals surface area contributed by atoms with Crippen molar-refractivity contribution in [3.05, 3.63) is 216 Å². The molecule has 0 amide bonds. The van der Waals surface area contributed by atoms with Crippen molar-refractivity contribution >= 4 is 90.9 Å². The first-order valence-corrected chi connectivity index (χ1v) is 26.4. The third kappa shape index (κ3) is 11.1. The van der Waals surface area contributed by atoms with Gasteiger partial charge in [-0.2, -0.15) is 10.2 Å². The van der Waals surface area contributed by atoms with Crippen molar-refractivity contribution in [1.29, 1.82) is 0 Å². The van der Waals surface area contributed by atoms with Crippen LogP contribution in [0.15, 0.2) is 214 Å². The monoisotopic (exact) mass is 970 g/mol. The van der Waals surface area contributed by atoms with Crippen LogP contribution < -0.4 is 10.0 Å². The molecule has 0 bridgehead atoms. The molecule has 0 radical (unpaired) electrons. The maximum atomic E-state index is 11.3. The van der Waals surface area contributed by atoms with Crippen molar-refractivity contribution < 1.29 is 10.2 Å². The average Bonchev–Trinajstić information content (AvgIpc) is 3.92. The highest BCUT2D eigenvalue weighted by molar-refractivity contribution is 7.99. The van der Waals surface area contributed by atoms with Crippen LogP contribution in [0.4, 0.5) is 11.4 Å². The van der Waals surface area contributed by atoms with Gasteiger partial charge in [-0.05, 0) is 127 Å². The molecule has 0 aliphatic rings. The largest absolute Gasteiger partial charge is 0.390 e. The smallest absolute Gasteiger partial charge is 0.0830 e. The van der Waals surface area contributed by atoms with Crippen LogP contribution in [0.1, 0.15) is 36.1 Å². The van der Waals surface area contributed by atoms with Crippen LogP contribution in [0.2, 0.25) is 0 Å². The van der Waals surface area contributed by atoms with E-state index in [0.717, 1.165) is 51.8 Å². The standard InChI is InChI=1S/C61H58N6O2S2/c1-3-64-58-21-13-11-19-54(58)56-36-46(27-33-60(56)64)38-62-66(48-15-7-5-8-16-48)40-50(68)42-70-52-29-23-44(24-30-52)35-45-25-31-53(32-26-45)71-43-51(69)41-67(49-17-9-6-10-18-49)63-39-47-28-34-61-57(37-47)55-20-12-14-22-59(55)65(61)4-2/h5-34,36-39,50-51,68-69H,3-4,35,40-43H2,1-2H3. The maximum Gasteiger partial charge on any atom is 0.0830 e. The Bertz CT molecular complexity index is 3200. The Hall–Kier alpha value is -7.08. The lowest BCUT2D eigenvalue weighted by atomic mass is 10.1. The number of para-hydroxylation sites is 4. The number of aromatic nitrogens is 2. The first kappa shape index (κ1) is 47.6. The third-order valence-corrected chi connectivity index (χ3v) is 15.2. The van der Waals surface area contributed by atoms with Crippen molar-refractivity contribution in [2.45, 2.75) is 55.4 Å². The van der Waals surface area contributed by atoms with Gasteiger partial charge in [-0.25, -0.2) is 0 Å². The molecule has 71 heavy (non-hydrogen) atoms. The first-order valence-electron chi connectivity index (χ1n) is 24.5. The Kier molecular flexibility index (Phi) is 15.0. The Labute approximate surface area is 424 Å².